The number of ether oxygens (including phenoxy) is 1. The number of nitrogens with zero attached hydrogens (tertiary/aromatic N) is 3. The third kappa shape index (κ3) is 4.45. The van der Waals surface area contributed by atoms with Crippen LogP contribution in [0.3, 0.4) is 0 Å². The Morgan fingerprint density at radius 2 is 2.04 bits per heavy atom. The summed E-state index contributed by atoms with van der Waals surface area (Å²) in [7, 11) is 1.69. The van der Waals surface area contributed by atoms with Crippen LogP contribution in [0.2, 0.25) is 0 Å². The fourth-order valence-electron chi connectivity index (χ4n) is 2.37. The summed E-state index contributed by atoms with van der Waals surface area (Å²) in [5.41, 5.74) is 2.84. The van der Waals surface area contributed by atoms with Crippen LogP contribution in [-0.2, 0) is 27.3 Å². The van der Waals surface area contributed by atoms with E-state index in [-0.39, 0.29) is 18.9 Å². The van der Waals surface area contributed by atoms with Crippen molar-refractivity contribution < 1.29 is 14.3 Å². The summed E-state index contributed by atoms with van der Waals surface area (Å²) in [6.07, 6.45) is 3.73. The van der Waals surface area contributed by atoms with Gasteiger partial charge < -0.3 is 9.64 Å². The summed E-state index contributed by atoms with van der Waals surface area (Å²) >= 11 is 1.50. The average Bonchev–Trinajstić information content (AvgIpc) is 3.16. The molecule has 0 radical (unpaired) electrons. The molecule has 0 saturated carbocycles. The smallest absolute Gasteiger partial charge is 0.312 e. The van der Waals surface area contributed by atoms with Crippen molar-refractivity contribution in [2.75, 3.05) is 13.7 Å². The second-order valence-electron chi connectivity index (χ2n) is 5.90. The van der Waals surface area contributed by atoms with Crippen LogP contribution in [0.5, 0.6) is 0 Å². The van der Waals surface area contributed by atoms with Gasteiger partial charge >= 0.3 is 5.97 Å². The number of thiazole rings is 1. The second-order valence-corrected chi connectivity index (χ2v) is 6.77. The highest BCUT2D eigenvalue weighted by Gasteiger charge is 2.14. The molecule has 0 bridgehead atoms. The summed E-state index contributed by atoms with van der Waals surface area (Å²) in [6.45, 7) is 2.24. The molecule has 3 aromatic rings. The van der Waals surface area contributed by atoms with E-state index in [1.54, 1.807) is 18.1 Å². The van der Waals surface area contributed by atoms with Crippen LogP contribution >= 0.6 is 11.3 Å². The number of hydrogen-bond donors (Lipinski definition) is 0. The standard InChI is InChI=1S/C18H19N3O3S/c1-13-3-5-14(6-4-13)10-20(2)16(22)12-24-17(23)9-15-11-21-7-8-25-18(21)19-15/h3-8,11H,9-10,12H2,1-2H3. The Hall–Kier alpha value is -2.67. The summed E-state index contributed by atoms with van der Waals surface area (Å²) < 4.78 is 6.94. The van der Waals surface area contributed by atoms with Gasteiger partial charge in [0.15, 0.2) is 11.6 Å². The molecule has 0 saturated heterocycles. The fourth-order valence-corrected chi connectivity index (χ4v) is 3.09. The first-order valence-corrected chi connectivity index (χ1v) is 8.75. The molecule has 0 fully saturated rings. The Morgan fingerprint density at radius 3 is 2.76 bits per heavy atom. The van der Waals surface area contributed by atoms with E-state index >= 15 is 0 Å². The van der Waals surface area contributed by atoms with Gasteiger partial charge in [-0.25, -0.2) is 4.98 Å². The summed E-state index contributed by atoms with van der Waals surface area (Å²) in [5, 5.41) is 1.92. The van der Waals surface area contributed by atoms with E-state index in [2.05, 4.69) is 4.98 Å². The molecule has 0 aliphatic rings. The number of rotatable bonds is 6. The third-order valence-electron chi connectivity index (χ3n) is 3.79. The molecule has 7 heteroatoms. The number of carbonyl (C=O) groups is 2. The zero-order valence-electron chi connectivity index (χ0n) is 14.1. The molecule has 6 nitrogen and oxygen atoms in total. The Bertz CT molecular complexity index is 854. The maximum absolute atomic E-state index is 12.1. The summed E-state index contributed by atoms with van der Waals surface area (Å²) in [4.78, 5) is 30.7. The Kier molecular flexibility index (Phi) is 5.14. The number of imidazole rings is 1. The van der Waals surface area contributed by atoms with E-state index in [1.807, 2.05) is 47.2 Å². The number of benzene rings is 1. The summed E-state index contributed by atoms with van der Waals surface area (Å²) in [6, 6.07) is 7.97. The lowest BCUT2D eigenvalue weighted by molar-refractivity contribution is -0.151. The van der Waals surface area contributed by atoms with Gasteiger partial charge in [0.25, 0.3) is 5.91 Å². The number of aryl methyl sites for hydroxylation is 1. The number of likely N-dealkylation sites (N-methyl/N-ethyl adjacent to an activating group) is 1. The van der Waals surface area contributed by atoms with Crippen molar-refractivity contribution in [3.63, 3.8) is 0 Å². The van der Waals surface area contributed by atoms with Crippen LogP contribution in [0.25, 0.3) is 4.96 Å². The monoisotopic (exact) mass is 357 g/mol. The predicted molar refractivity (Wildman–Crippen MR) is 95.4 cm³/mol. The molecular weight excluding hydrogens is 338 g/mol. The topological polar surface area (TPSA) is 63.9 Å². The molecule has 1 aromatic carbocycles. The highest BCUT2D eigenvalue weighted by atomic mass is 32.1. The number of esters is 1. The molecule has 130 valence electrons. The van der Waals surface area contributed by atoms with E-state index in [0.29, 0.717) is 12.2 Å². The van der Waals surface area contributed by atoms with E-state index < -0.39 is 5.97 Å². The maximum Gasteiger partial charge on any atom is 0.312 e. The van der Waals surface area contributed by atoms with E-state index in [1.165, 1.54) is 16.9 Å². The van der Waals surface area contributed by atoms with Crippen molar-refractivity contribution in [3.8, 4) is 0 Å². The van der Waals surface area contributed by atoms with Gasteiger partial charge in [0, 0.05) is 31.4 Å². The SMILES string of the molecule is Cc1ccc(CN(C)C(=O)COC(=O)Cc2cn3ccsc3n2)cc1. The van der Waals surface area contributed by atoms with Gasteiger partial charge in [-0.15, -0.1) is 11.3 Å². The minimum atomic E-state index is -0.456. The van der Waals surface area contributed by atoms with Gasteiger partial charge in [0.05, 0.1) is 12.1 Å². The molecule has 0 aliphatic heterocycles. The highest BCUT2D eigenvalue weighted by molar-refractivity contribution is 7.15. The van der Waals surface area contributed by atoms with Gasteiger partial charge in [0.1, 0.15) is 0 Å². The molecule has 0 unspecified atom stereocenters. The zero-order valence-corrected chi connectivity index (χ0v) is 15.0. The number of aromatic nitrogens is 2. The zero-order chi connectivity index (χ0) is 17.8. The Balaban J connectivity index is 1.46. The van der Waals surface area contributed by atoms with Crippen molar-refractivity contribution in [3.05, 3.63) is 58.9 Å². The largest absolute Gasteiger partial charge is 0.455 e. The first kappa shape index (κ1) is 17.2. The van der Waals surface area contributed by atoms with Gasteiger partial charge in [0.2, 0.25) is 0 Å². The molecule has 3 rings (SSSR count). The van der Waals surface area contributed by atoms with Crippen LogP contribution < -0.4 is 0 Å². The van der Waals surface area contributed by atoms with Crippen LogP contribution in [0, 0.1) is 6.92 Å². The molecule has 2 heterocycles. The summed E-state index contributed by atoms with van der Waals surface area (Å²) in [5.74, 6) is -0.692. The van der Waals surface area contributed by atoms with Crippen LogP contribution in [0.4, 0.5) is 0 Å². The van der Waals surface area contributed by atoms with E-state index in [0.717, 1.165) is 10.5 Å². The molecule has 2 aromatic heterocycles. The normalized spacial score (nSPS) is 10.8. The third-order valence-corrected chi connectivity index (χ3v) is 4.56. The second kappa shape index (κ2) is 7.48. The van der Waals surface area contributed by atoms with Crippen LogP contribution in [0.15, 0.2) is 42.0 Å². The maximum atomic E-state index is 12.1. The van der Waals surface area contributed by atoms with Crippen molar-refractivity contribution in [2.24, 2.45) is 0 Å². The van der Waals surface area contributed by atoms with Crippen molar-refractivity contribution >= 4 is 28.2 Å². The highest BCUT2D eigenvalue weighted by Crippen LogP contribution is 2.12. The quantitative estimate of drug-likeness (QED) is 0.636. The number of hydrogen-bond acceptors (Lipinski definition) is 5. The van der Waals surface area contributed by atoms with Crippen molar-refractivity contribution in [1.82, 2.24) is 14.3 Å². The minimum absolute atomic E-state index is 0.0589. The molecule has 0 spiro atoms. The first-order chi connectivity index (χ1) is 12.0. The first-order valence-electron chi connectivity index (χ1n) is 7.87. The Labute approximate surface area is 149 Å². The van der Waals surface area contributed by atoms with Crippen LogP contribution in [-0.4, -0.2) is 39.8 Å². The van der Waals surface area contributed by atoms with E-state index in [4.69, 9.17) is 4.74 Å². The lowest BCUT2D eigenvalue weighted by Gasteiger charge is -2.17. The van der Waals surface area contributed by atoms with Gasteiger partial charge in [-0.2, -0.15) is 0 Å². The molecule has 1 amide bonds. The lowest BCUT2D eigenvalue weighted by Crippen LogP contribution is -2.31. The van der Waals surface area contributed by atoms with Crippen molar-refractivity contribution in [2.45, 2.75) is 19.9 Å². The molecular formula is C18H19N3O3S. The number of carbonyl (C=O) groups excluding carboxylic acids is 2. The molecule has 25 heavy (non-hydrogen) atoms. The average molecular weight is 357 g/mol. The van der Waals surface area contributed by atoms with Gasteiger partial charge in [-0.05, 0) is 12.5 Å². The molecule has 0 aliphatic carbocycles. The number of amides is 1. The van der Waals surface area contributed by atoms with E-state index in [9.17, 15) is 9.59 Å². The van der Waals surface area contributed by atoms with Crippen molar-refractivity contribution in [1.29, 1.82) is 0 Å². The van der Waals surface area contributed by atoms with Gasteiger partial charge in [-0.3, -0.25) is 14.0 Å². The lowest BCUT2D eigenvalue weighted by atomic mass is 10.1. The molecule has 0 atom stereocenters. The fraction of sp³-hybridized carbons (Fsp3) is 0.278. The number of fused-ring (bicyclic) bond motifs is 1. The minimum Gasteiger partial charge on any atom is -0.455 e. The van der Waals surface area contributed by atoms with Crippen LogP contribution in [0.1, 0.15) is 16.8 Å². The predicted octanol–water partition coefficient (Wildman–Crippen LogP) is 2.45. The Morgan fingerprint density at radius 1 is 1.28 bits per heavy atom. The van der Waals surface area contributed by atoms with Gasteiger partial charge in [-0.1, -0.05) is 29.8 Å². The molecule has 0 N–H and O–H groups in total.